The first-order valence-electron chi connectivity index (χ1n) is 6.25. The van der Waals surface area contributed by atoms with Crippen LogP contribution < -0.4 is 10.2 Å². The van der Waals surface area contributed by atoms with Crippen molar-refractivity contribution < 1.29 is 4.79 Å². The van der Waals surface area contributed by atoms with E-state index >= 15 is 0 Å². The minimum Gasteiger partial charge on any atom is -0.387 e. The van der Waals surface area contributed by atoms with Gasteiger partial charge >= 0.3 is 0 Å². The summed E-state index contributed by atoms with van der Waals surface area (Å²) in [6, 6.07) is 15.4. The first kappa shape index (κ1) is 13.1. The van der Waals surface area contributed by atoms with Crippen molar-refractivity contribution in [1.29, 1.82) is 0 Å². The zero-order valence-corrected chi connectivity index (χ0v) is 11.5. The van der Waals surface area contributed by atoms with Gasteiger partial charge in [0.05, 0.1) is 5.56 Å². The fourth-order valence-corrected chi connectivity index (χ4v) is 1.95. The van der Waals surface area contributed by atoms with Gasteiger partial charge < -0.3 is 10.2 Å². The van der Waals surface area contributed by atoms with Gasteiger partial charge in [-0.3, -0.25) is 4.79 Å². The first-order chi connectivity index (χ1) is 9.13. The molecule has 98 valence electrons. The number of anilines is 2. The van der Waals surface area contributed by atoms with Gasteiger partial charge in [-0.05, 0) is 31.2 Å². The Labute approximate surface area is 113 Å². The van der Waals surface area contributed by atoms with Crippen LogP contribution in [0.25, 0.3) is 0 Å². The number of carbonyl (C=O) groups is 1. The van der Waals surface area contributed by atoms with E-state index in [1.165, 1.54) is 5.56 Å². The van der Waals surface area contributed by atoms with E-state index in [0.29, 0.717) is 5.56 Å². The smallest absolute Gasteiger partial charge is 0.260 e. The van der Waals surface area contributed by atoms with E-state index in [9.17, 15) is 4.79 Å². The van der Waals surface area contributed by atoms with Crippen molar-refractivity contribution in [3.63, 3.8) is 0 Å². The topological polar surface area (TPSA) is 32.3 Å². The van der Waals surface area contributed by atoms with Crippen LogP contribution in [0.2, 0.25) is 0 Å². The molecule has 0 fully saturated rings. The van der Waals surface area contributed by atoms with Crippen LogP contribution in [0.3, 0.4) is 0 Å². The van der Waals surface area contributed by atoms with Gasteiger partial charge in [-0.2, -0.15) is 0 Å². The number of benzene rings is 2. The monoisotopic (exact) mass is 254 g/mol. The third-order valence-electron chi connectivity index (χ3n) is 3.15. The third-order valence-corrected chi connectivity index (χ3v) is 3.15. The van der Waals surface area contributed by atoms with Crippen molar-refractivity contribution in [2.45, 2.75) is 6.92 Å². The van der Waals surface area contributed by atoms with Crippen molar-refractivity contribution in [1.82, 2.24) is 0 Å². The fraction of sp³-hybridized carbons (Fsp3) is 0.188. The SMILES string of the molecule is CNc1ccccc1C(=O)N(C)c1ccc(C)cc1. The van der Waals surface area contributed by atoms with Crippen LogP contribution in [0.1, 0.15) is 15.9 Å². The molecular formula is C16H18N2O. The highest BCUT2D eigenvalue weighted by atomic mass is 16.2. The summed E-state index contributed by atoms with van der Waals surface area (Å²) in [5.41, 5.74) is 3.58. The van der Waals surface area contributed by atoms with E-state index in [-0.39, 0.29) is 5.91 Å². The van der Waals surface area contributed by atoms with E-state index in [4.69, 9.17) is 0 Å². The molecule has 0 unspecified atom stereocenters. The Hall–Kier alpha value is -2.29. The minimum absolute atomic E-state index is 0.0196. The van der Waals surface area contributed by atoms with Gasteiger partial charge in [0.1, 0.15) is 0 Å². The summed E-state index contributed by atoms with van der Waals surface area (Å²) in [7, 11) is 3.61. The number of aryl methyl sites for hydroxylation is 1. The fourth-order valence-electron chi connectivity index (χ4n) is 1.95. The van der Waals surface area contributed by atoms with Crippen LogP contribution in [-0.2, 0) is 0 Å². The van der Waals surface area contributed by atoms with Gasteiger partial charge in [0.2, 0.25) is 0 Å². The van der Waals surface area contributed by atoms with Crippen LogP contribution >= 0.6 is 0 Å². The molecule has 1 N–H and O–H groups in total. The van der Waals surface area contributed by atoms with Gasteiger partial charge in [-0.25, -0.2) is 0 Å². The molecule has 2 aromatic carbocycles. The zero-order valence-electron chi connectivity index (χ0n) is 11.5. The number of nitrogens with one attached hydrogen (secondary N) is 1. The first-order valence-corrected chi connectivity index (χ1v) is 6.25. The number of nitrogens with zero attached hydrogens (tertiary/aromatic N) is 1. The minimum atomic E-state index is -0.0196. The van der Waals surface area contributed by atoms with Crippen LogP contribution in [0.5, 0.6) is 0 Å². The molecule has 3 heteroatoms. The molecule has 0 aliphatic rings. The van der Waals surface area contributed by atoms with Gasteiger partial charge in [0.15, 0.2) is 0 Å². The van der Waals surface area contributed by atoms with Crippen molar-refractivity contribution in [2.75, 3.05) is 24.3 Å². The van der Waals surface area contributed by atoms with E-state index in [0.717, 1.165) is 11.4 Å². The van der Waals surface area contributed by atoms with Crippen LogP contribution in [0, 0.1) is 6.92 Å². The second kappa shape index (κ2) is 5.57. The quantitative estimate of drug-likeness (QED) is 0.911. The average Bonchev–Trinajstić information content (AvgIpc) is 2.46. The van der Waals surface area contributed by atoms with E-state index in [1.807, 2.05) is 62.5 Å². The highest BCUT2D eigenvalue weighted by molar-refractivity contribution is 6.09. The Morgan fingerprint density at radius 3 is 2.32 bits per heavy atom. The van der Waals surface area contributed by atoms with Gasteiger partial charge in [-0.1, -0.05) is 29.8 Å². The summed E-state index contributed by atoms with van der Waals surface area (Å²) >= 11 is 0. The van der Waals surface area contributed by atoms with Crippen molar-refractivity contribution in [2.24, 2.45) is 0 Å². The molecular weight excluding hydrogens is 236 g/mol. The predicted octanol–water partition coefficient (Wildman–Crippen LogP) is 3.31. The molecule has 0 saturated heterocycles. The summed E-state index contributed by atoms with van der Waals surface area (Å²) in [5, 5.41) is 3.04. The van der Waals surface area contributed by atoms with Crippen molar-refractivity contribution in [3.05, 3.63) is 59.7 Å². The van der Waals surface area contributed by atoms with Crippen LogP contribution in [0.15, 0.2) is 48.5 Å². The molecule has 0 spiro atoms. The van der Waals surface area contributed by atoms with E-state index in [2.05, 4.69) is 5.32 Å². The highest BCUT2D eigenvalue weighted by Gasteiger charge is 2.16. The maximum atomic E-state index is 12.5. The van der Waals surface area contributed by atoms with E-state index in [1.54, 1.807) is 11.9 Å². The van der Waals surface area contributed by atoms with Crippen molar-refractivity contribution in [3.8, 4) is 0 Å². The summed E-state index contributed by atoms with van der Waals surface area (Å²) < 4.78 is 0. The molecule has 2 aromatic rings. The lowest BCUT2D eigenvalue weighted by Crippen LogP contribution is -2.26. The number of amides is 1. The Kier molecular flexibility index (Phi) is 3.85. The Morgan fingerprint density at radius 2 is 1.68 bits per heavy atom. The van der Waals surface area contributed by atoms with Gasteiger partial charge in [-0.15, -0.1) is 0 Å². The molecule has 0 radical (unpaired) electrons. The molecule has 1 amide bonds. The van der Waals surface area contributed by atoms with Gasteiger partial charge in [0, 0.05) is 25.5 Å². The summed E-state index contributed by atoms with van der Waals surface area (Å²) in [4.78, 5) is 14.2. The second-order valence-corrected chi connectivity index (χ2v) is 4.50. The summed E-state index contributed by atoms with van der Waals surface area (Å²) in [6.45, 7) is 2.03. The van der Waals surface area contributed by atoms with Crippen molar-refractivity contribution >= 4 is 17.3 Å². The number of rotatable bonds is 3. The van der Waals surface area contributed by atoms with Gasteiger partial charge in [0.25, 0.3) is 5.91 Å². The maximum Gasteiger partial charge on any atom is 0.260 e. The highest BCUT2D eigenvalue weighted by Crippen LogP contribution is 2.20. The third kappa shape index (κ3) is 2.76. The molecule has 3 nitrogen and oxygen atoms in total. The standard InChI is InChI=1S/C16H18N2O/c1-12-8-10-13(11-9-12)18(3)16(19)14-6-4-5-7-15(14)17-2/h4-11,17H,1-3H3. The van der Waals surface area contributed by atoms with Crippen LogP contribution in [0.4, 0.5) is 11.4 Å². The Morgan fingerprint density at radius 1 is 1.05 bits per heavy atom. The number of hydrogen-bond acceptors (Lipinski definition) is 2. The lowest BCUT2D eigenvalue weighted by atomic mass is 10.1. The molecule has 0 aliphatic carbocycles. The summed E-state index contributed by atoms with van der Waals surface area (Å²) in [6.07, 6.45) is 0. The number of hydrogen-bond donors (Lipinski definition) is 1. The molecule has 0 saturated carbocycles. The molecule has 2 rings (SSSR count). The molecule has 0 atom stereocenters. The second-order valence-electron chi connectivity index (χ2n) is 4.50. The molecule has 0 heterocycles. The summed E-state index contributed by atoms with van der Waals surface area (Å²) in [5.74, 6) is -0.0196. The average molecular weight is 254 g/mol. The van der Waals surface area contributed by atoms with E-state index < -0.39 is 0 Å². The number of carbonyl (C=O) groups excluding carboxylic acids is 1. The van der Waals surface area contributed by atoms with Crippen LogP contribution in [-0.4, -0.2) is 20.0 Å². The lowest BCUT2D eigenvalue weighted by Gasteiger charge is -2.19. The molecule has 0 aliphatic heterocycles. The Balaban J connectivity index is 2.30. The Bertz CT molecular complexity index is 576. The molecule has 0 aromatic heterocycles. The normalized spacial score (nSPS) is 10.1. The number of para-hydroxylation sites is 1. The largest absolute Gasteiger partial charge is 0.387 e. The molecule has 19 heavy (non-hydrogen) atoms. The lowest BCUT2D eigenvalue weighted by molar-refractivity contribution is 0.0994. The predicted molar refractivity (Wildman–Crippen MR) is 79.9 cm³/mol. The zero-order chi connectivity index (χ0) is 13.8. The molecule has 0 bridgehead atoms. The maximum absolute atomic E-state index is 12.5.